The van der Waals surface area contributed by atoms with Crippen molar-refractivity contribution in [3.8, 4) is 0 Å². The van der Waals surface area contributed by atoms with Crippen molar-refractivity contribution in [3.63, 3.8) is 0 Å². The van der Waals surface area contributed by atoms with E-state index in [9.17, 15) is 9.59 Å². The first-order valence-corrected chi connectivity index (χ1v) is 3.55. The second kappa shape index (κ2) is 6.28. The average Bonchev–Trinajstić information content (AvgIpc) is 1.63. The zero-order valence-electron chi connectivity index (χ0n) is 5.34. The monoisotopic (exact) mass is 164 g/mol. The molecule has 0 N–H and O–H groups in total. The zero-order chi connectivity index (χ0) is 7.28. The molecule has 0 heterocycles. The van der Waals surface area contributed by atoms with E-state index in [2.05, 4.69) is 8.85 Å². The fourth-order valence-electron chi connectivity index (χ4n) is 0.195. The highest BCUT2D eigenvalue weighted by atomic mass is 28.3. The Morgan fingerprint density at radius 1 is 1.10 bits per heavy atom. The van der Waals surface area contributed by atoms with Gasteiger partial charge in [-0.1, -0.05) is 7.43 Å². The summed E-state index contributed by atoms with van der Waals surface area (Å²) in [4.78, 5) is 20.1. The molecule has 0 aromatic heterocycles. The fraction of sp³-hybridized carbons (Fsp3) is 0.600. The van der Waals surface area contributed by atoms with Crippen molar-refractivity contribution >= 4 is 21.9 Å². The van der Waals surface area contributed by atoms with Gasteiger partial charge in [-0.15, -0.1) is 0 Å². The second-order valence-electron chi connectivity index (χ2n) is 1.39. The van der Waals surface area contributed by atoms with Crippen LogP contribution < -0.4 is 0 Å². The van der Waals surface area contributed by atoms with E-state index in [1.165, 1.54) is 13.8 Å². The first-order valence-electron chi connectivity index (χ1n) is 2.39. The van der Waals surface area contributed by atoms with Gasteiger partial charge >= 0.3 is 10.0 Å². The van der Waals surface area contributed by atoms with E-state index in [1.807, 2.05) is 0 Å². The van der Waals surface area contributed by atoms with E-state index >= 15 is 0 Å². The second-order valence-corrected chi connectivity index (χ2v) is 2.20. The minimum absolute atomic E-state index is 0. The van der Waals surface area contributed by atoms with E-state index < -0.39 is 21.9 Å². The molecule has 0 aliphatic heterocycles. The number of carbonyl (C=O) groups excluding carboxylic acids is 2. The first kappa shape index (κ1) is 11.9. The van der Waals surface area contributed by atoms with E-state index in [0.717, 1.165) is 0 Å². The van der Waals surface area contributed by atoms with Crippen molar-refractivity contribution in [1.29, 1.82) is 0 Å². The summed E-state index contributed by atoms with van der Waals surface area (Å²) in [6.45, 7) is 2.55. The van der Waals surface area contributed by atoms with Crippen molar-refractivity contribution < 1.29 is 18.4 Å². The summed E-state index contributed by atoms with van der Waals surface area (Å²) in [5.41, 5.74) is 0. The molecule has 0 spiro atoms. The Hall–Kier alpha value is -0.843. The van der Waals surface area contributed by atoms with Crippen molar-refractivity contribution in [2.24, 2.45) is 0 Å². The highest BCUT2D eigenvalue weighted by molar-refractivity contribution is 6.25. The fourth-order valence-corrected chi connectivity index (χ4v) is 0.586. The first-order chi connectivity index (χ1) is 4.13. The van der Waals surface area contributed by atoms with Gasteiger partial charge in [-0.3, -0.25) is 9.59 Å². The summed E-state index contributed by atoms with van der Waals surface area (Å²) in [5, 5.41) is 0. The molecule has 0 aromatic rings. The lowest BCUT2D eigenvalue weighted by Gasteiger charge is -1.99. The van der Waals surface area contributed by atoms with Gasteiger partial charge in [-0.25, -0.2) is 0 Å². The lowest BCUT2D eigenvalue weighted by Crippen LogP contribution is -2.11. The van der Waals surface area contributed by atoms with Crippen LogP contribution in [0.25, 0.3) is 0 Å². The van der Waals surface area contributed by atoms with Crippen LogP contribution in [0.4, 0.5) is 0 Å². The van der Waals surface area contributed by atoms with E-state index in [1.54, 1.807) is 0 Å². The lowest BCUT2D eigenvalue weighted by atomic mass is 10.9. The number of rotatable bonds is 2. The summed E-state index contributed by atoms with van der Waals surface area (Å²) in [6.07, 6.45) is 0. The molecule has 5 heteroatoms. The quantitative estimate of drug-likeness (QED) is 0.528. The molecule has 0 unspecified atom stereocenters. The highest BCUT2D eigenvalue weighted by Gasteiger charge is 1.95. The molecule has 0 radical (unpaired) electrons. The molecular formula is C5H12O4Si. The van der Waals surface area contributed by atoms with Gasteiger partial charge in [0.15, 0.2) is 0 Å². The molecule has 0 fully saturated rings. The van der Waals surface area contributed by atoms with Crippen LogP contribution in [0.1, 0.15) is 21.3 Å². The predicted molar refractivity (Wildman–Crippen MR) is 38.8 cm³/mol. The minimum Gasteiger partial charge on any atom is -0.490 e. The number of carbonyl (C=O) groups is 2. The Balaban J connectivity index is 0. The molecule has 0 bridgehead atoms. The van der Waals surface area contributed by atoms with Crippen molar-refractivity contribution in [1.82, 2.24) is 0 Å². The third-order valence-electron chi connectivity index (χ3n) is 0.524. The maximum atomic E-state index is 10.0. The summed E-state index contributed by atoms with van der Waals surface area (Å²) in [7, 11) is -1.38. The molecule has 0 rings (SSSR count). The molecule has 0 aromatic carbocycles. The lowest BCUT2D eigenvalue weighted by molar-refractivity contribution is -0.136. The Kier molecular flexibility index (Phi) is 7.47. The van der Waals surface area contributed by atoms with Crippen LogP contribution in [0.5, 0.6) is 0 Å². The molecule has 0 saturated heterocycles. The van der Waals surface area contributed by atoms with Crippen LogP contribution >= 0.6 is 0 Å². The van der Waals surface area contributed by atoms with Crippen LogP contribution in [0.2, 0.25) is 0 Å². The summed E-state index contributed by atoms with van der Waals surface area (Å²) in [6, 6.07) is 0. The van der Waals surface area contributed by atoms with Gasteiger partial charge in [0, 0.05) is 13.8 Å². The molecule has 0 aliphatic rings. The Labute approximate surface area is 62.6 Å². The van der Waals surface area contributed by atoms with Crippen molar-refractivity contribution in [3.05, 3.63) is 0 Å². The molecule has 0 atom stereocenters. The van der Waals surface area contributed by atoms with E-state index in [4.69, 9.17) is 0 Å². The van der Waals surface area contributed by atoms with Gasteiger partial charge in [0.1, 0.15) is 0 Å². The molecule has 0 amide bonds. The Morgan fingerprint density at radius 3 is 1.60 bits per heavy atom. The third kappa shape index (κ3) is 10.2. The smallest absolute Gasteiger partial charge is 0.431 e. The topological polar surface area (TPSA) is 52.6 Å². The molecular weight excluding hydrogens is 152 g/mol. The van der Waals surface area contributed by atoms with Crippen molar-refractivity contribution in [2.75, 3.05) is 0 Å². The molecule has 4 nitrogen and oxygen atoms in total. The largest absolute Gasteiger partial charge is 0.490 e. The average molecular weight is 164 g/mol. The molecule has 0 saturated carbocycles. The van der Waals surface area contributed by atoms with Crippen molar-refractivity contribution in [2.45, 2.75) is 21.3 Å². The Bertz CT molecular complexity index is 109. The normalized spacial score (nSPS) is 7.40. The summed E-state index contributed by atoms with van der Waals surface area (Å²) >= 11 is 0. The van der Waals surface area contributed by atoms with Crippen LogP contribution in [0.15, 0.2) is 0 Å². The van der Waals surface area contributed by atoms with Crippen LogP contribution in [-0.4, -0.2) is 21.9 Å². The SMILES string of the molecule is C.CC(=O)O[SiH2]OC(C)=O. The van der Waals surface area contributed by atoms with Gasteiger partial charge < -0.3 is 8.85 Å². The van der Waals surface area contributed by atoms with Gasteiger partial charge in [-0.05, 0) is 0 Å². The molecule has 10 heavy (non-hydrogen) atoms. The van der Waals surface area contributed by atoms with Gasteiger partial charge in [-0.2, -0.15) is 0 Å². The maximum absolute atomic E-state index is 10.0. The third-order valence-corrected chi connectivity index (χ3v) is 1.57. The zero-order valence-corrected chi connectivity index (χ0v) is 6.75. The maximum Gasteiger partial charge on any atom is 0.431 e. The number of hydrogen-bond acceptors (Lipinski definition) is 4. The molecule has 0 aliphatic carbocycles. The van der Waals surface area contributed by atoms with Crippen LogP contribution in [0.3, 0.4) is 0 Å². The molecule has 60 valence electrons. The van der Waals surface area contributed by atoms with Gasteiger partial charge in [0.05, 0.1) is 0 Å². The number of hydrogen-bond donors (Lipinski definition) is 0. The predicted octanol–water partition coefficient (Wildman–Crippen LogP) is -0.253. The van der Waals surface area contributed by atoms with Gasteiger partial charge in [0.25, 0.3) is 11.9 Å². The highest BCUT2D eigenvalue weighted by Crippen LogP contribution is 1.75. The summed E-state index contributed by atoms with van der Waals surface area (Å²) in [5.74, 6) is -0.800. The summed E-state index contributed by atoms with van der Waals surface area (Å²) < 4.78 is 8.82. The van der Waals surface area contributed by atoms with Gasteiger partial charge in [0.2, 0.25) is 0 Å². The van der Waals surface area contributed by atoms with E-state index in [0.29, 0.717) is 0 Å². The van der Waals surface area contributed by atoms with Crippen LogP contribution in [-0.2, 0) is 18.4 Å². The van der Waals surface area contributed by atoms with E-state index in [-0.39, 0.29) is 7.43 Å². The van der Waals surface area contributed by atoms with Crippen LogP contribution in [0, 0.1) is 0 Å². The minimum atomic E-state index is -1.38. The standard InChI is InChI=1S/C4H8O4Si.CH4/c1-3(5)7-9-8-4(2)6;/h9H2,1-2H3;1H4. The Morgan fingerprint density at radius 2 is 1.40 bits per heavy atom.